The highest BCUT2D eigenvalue weighted by molar-refractivity contribution is 6.20. The minimum Gasteiger partial charge on any atom is -0.491 e. The molecule has 0 aromatic heterocycles. The van der Waals surface area contributed by atoms with Gasteiger partial charge < -0.3 is 4.74 Å². The van der Waals surface area contributed by atoms with Crippen LogP contribution in [0.5, 0.6) is 5.75 Å². The maximum Gasteiger partial charge on any atom is 0.129 e. The molecule has 0 saturated heterocycles. The minimum absolute atomic E-state index is 0.0727. The minimum atomic E-state index is -0.588. The van der Waals surface area contributed by atoms with Crippen molar-refractivity contribution in [2.45, 2.75) is 31.7 Å². The van der Waals surface area contributed by atoms with Crippen molar-refractivity contribution in [3.63, 3.8) is 0 Å². The Kier molecular flexibility index (Phi) is 5.18. The van der Waals surface area contributed by atoms with Gasteiger partial charge in [-0.15, -0.1) is 11.6 Å². The molecule has 2 aromatic rings. The molecule has 0 aliphatic rings. The van der Waals surface area contributed by atoms with E-state index in [4.69, 9.17) is 16.3 Å². The van der Waals surface area contributed by atoms with Gasteiger partial charge in [0.1, 0.15) is 17.4 Å². The molecule has 2 rings (SSSR count). The number of ether oxygens (including phenoxy) is 1. The number of alkyl halides is 1. The van der Waals surface area contributed by atoms with Crippen LogP contribution in [0.25, 0.3) is 0 Å². The fraction of sp³-hybridized carbons (Fsp3) is 0.294. The van der Waals surface area contributed by atoms with Gasteiger partial charge >= 0.3 is 0 Å². The first kappa shape index (κ1) is 15.8. The van der Waals surface area contributed by atoms with Crippen molar-refractivity contribution in [2.75, 3.05) is 0 Å². The molecule has 0 amide bonds. The summed E-state index contributed by atoms with van der Waals surface area (Å²) in [6, 6.07) is 11.0. The largest absolute Gasteiger partial charge is 0.491 e. The lowest BCUT2D eigenvalue weighted by molar-refractivity contribution is 0.242. The molecular weight excluding hydrogens is 294 g/mol. The van der Waals surface area contributed by atoms with Crippen LogP contribution in [0.3, 0.4) is 0 Å². The van der Waals surface area contributed by atoms with Crippen LogP contribution in [0.1, 0.15) is 30.4 Å². The van der Waals surface area contributed by atoms with Crippen LogP contribution in [0.4, 0.5) is 8.78 Å². The van der Waals surface area contributed by atoms with Gasteiger partial charge in [0.25, 0.3) is 0 Å². The van der Waals surface area contributed by atoms with Crippen LogP contribution in [-0.2, 0) is 6.42 Å². The Morgan fingerprint density at radius 1 is 1.10 bits per heavy atom. The van der Waals surface area contributed by atoms with Gasteiger partial charge in [0.15, 0.2) is 0 Å². The molecule has 0 aliphatic heterocycles. The van der Waals surface area contributed by atoms with Crippen LogP contribution in [0, 0.1) is 11.6 Å². The molecule has 0 fully saturated rings. The second-order valence-electron chi connectivity index (χ2n) is 5.15. The molecule has 4 heteroatoms. The second-order valence-corrected chi connectivity index (χ2v) is 5.67. The Morgan fingerprint density at radius 2 is 1.86 bits per heavy atom. The van der Waals surface area contributed by atoms with Crippen molar-refractivity contribution in [3.8, 4) is 5.75 Å². The molecule has 1 unspecified atom stereocenters. The Hall–Kier alpha value is -1.61. The van der Waals surface area contributed by atoms with Gasteiger partial charge in [-0.05, 0) is 49.6 Å². The van der Waals surface area contributed by atoms with Gasteiger partial charge in [0.2, 0.25) is 0 Å². The van der Waals surface area contributed by atoms with Gasteiger partial charge in [0.05, 0.1) is 11.5 Å². The molecule has 1 nitrogen and oxygen atoms in total. The standard InChI is InChI=1S/C17H17ClF2O/c1-11(2)21-15-5-3-4-12(8-15)16(18)9-13-6-7-14(19)10-17(13)20/h3-8,10-11,16H,9H2,1-2H3. The van der Waals surface area contributed by atoms with Gasteiger partial charge in [-0.3, -0.25) is 0 Å². The van der Waals surface area contributed by atoms with E-state index in [-0.39, 0.29) is 6.10 Å². The third-order valence-electron chi connectivity index (χ3n) is 3.01. The maximum atomic E-state index is 13.7. The van der Waals surface area contributed by atoms with E-state index >= 15 is 0 Å². The van der Waals surface area contributed by atoms with Gasteiger partial charge in [0, 0.05) is 6.07 Å². The SMILES string of the molecule is CC(C)Oc1cccc(C(Cl)Cc2ccc(F)cc2F)c1. The number of hydrogen-bond donors (Lipinski definition) is 0. The molecule has 0 saturated carbocycles. The highest BCUT2D eigenvalue weighted by Gasteiger charge is 2.13. The first-order valence-corrected chi connectivity index (χ1v) is 7.24. The first-order valence-electron chi connectivity index (χ1n) is 6.80. The summed E-state index contributed by atoms with van der Waals surface area (Å²) in [5, 5.41) is -0.402. The zero-order chi connectivity index (χ0) is 15.4. The lowest BCUT2D eigenvalue weighted by Gasteiger charge is -2.14. The van der Waals surface area contributed by atoms with E-state index in [1.165, 1.54) is 12.1 Å². The zero-order valence-corrected chi connectivity index (χ0v) is 12.7. The predicted octanol–water partition coefficient (Wildman–Crippen LogP) is 5.27. The molecule has 0 radical (unpaired) electrons. The summed E-state index contributed by atoms with van der Waals surface area (Å²) in [6.07, 6.45) is 0.363. The van der Waals surface area contributed by atoms with E-state index in [9.17, 15) is 8.78 Å². The van der Waals surface area contributed by atoms with Gasteiger partial charge in [-0.25, -0.2) is 8.78 Å². The van der Waals surface area contributed by atoms with Gasteiger partial charge in [-0.1, -0.05) is 18.2 Å². The van der Waals surface area contributed by atoms with E-state index in [1.807, 2.05) is 38.1 Å². The quantitative estimate of drug-likeness (QED) is 0.683. The molecule has 0 spiro atoms. The Morgan fingerprint density at radius 3 is 2.52 bits per heavy atom. The summed E-state index contributed by atoms with van der Waals surface area (Å²) < 4.78 is 32.2. The molecule has 0 bridgehead atoms. The molecule has 0 heterocycles. The van der Waals surface area contributed by atoms with Crippen molar-refractivity contribution in [1.29, 1.82) is 0 Å². The van der Waals surface area contributed by atoms with Crippen molar-refractivity contribution < 1.29 is 13.5 Å². The molecule has 0 N–H and O–H groups in total. The highest BCUT2D eigenvalue weighted by Crippen LogP contribution is 2.29. The second kappa shape index (κ2) is 6.90. The van der Waals surface area contributed by atoms with Crippen LogP contribution in [-0.4, -0.2) is 6.10 Å². The number of benzene rings is 2. The zero-order valence-electron chi connectivity index (χ0n) is 11.9. The third kappa shape index (κ3) is 4.43. The Bertz CT molecular complexity index is 613. The molecule has 112 valence electrons. The summed E-state index contributed by atoms with van der Waals surface area (Å²) in [5.74, 6) is -0.433. The van der Waals surface area contributed by atoms with Crippen LogP contribution < -0.4 is 4.74 Å². The number of halogens is 3. The smallest absolute Gasteiger partial charge is 0.129 e. The van der Waals surface area contributed by atoms with Crippen LogP contribution in [0.15, 0.2) is 42.5 Å². The topological polar surface area (TPSA) is 9.23 Å². The lowest BCUT2D eigenvalue weighted by Crippen LogP contribution is -2.06. The number of rotatable bonds is 5. The summed E-state index contributed by atoms with van der Waals surface area (Å²) in [5.41, 5.74) is 1.24. The molecule has 2 aromatic carbocycles. The van der Waals surface area contributed by atoms with Crippen LogP contribution >= 0.6 is 11.6 Å². The molecular formula is C17H17ClF2O. The van der Waals surface area contributed by atoms with Crippen molar-refractivity contribution in [1.82, 2.24) is 0 Å². The summed E-state index contributed by atoms with van der Waals surface area (Å²) >= 11 is 6.35. The molecule has 1 atom stereocenters. The fourth-order valence-corrected chi connectivity index (χ4v) is 2.35. The monoisotopic (exact) mass is 310 g/mol. The normalized spacial score (nSPS) is 12.5. The maximum absolute atomic E-state index is 13.7. The van der Waals surface area contributed by atoms with E-state index in [0.717, 1.165) is 17.4 Å². The first-order chi connectivity index (χ1) is 9.95. The van der Waals surface area contributed by atoms with E-state index in [1.54, 1.807) is 0 Å². The summed E-state index contributed by atoms with van der Waals surface area (Å²) in [7, 11) is 0. The van der Waals surface area contributed by atoms with E-state index < -0.39 is 17.0 Å². The van der Waals surface area contributed by atoms with E-state index in [2.05, 4.69) is 0 Å². The molecule has 21 heavy (non-hydrogen) atoms. The lowest BCUT2D eigenvalue weighted by atomic mass is 10.0. The van der Waals surface area contributed by atoms with Crippen molar-refractivity contribution in [2.24, 2.45) is 0 Å². The summed E-state index contributed by atoms with van der Waals surface area (Å²) in [4.78, 5) is 0. The fourth-order valence-electron chi connectivity index (χ4n) is 2.05. The number of hydrogen-bond acceptors (Lipinski definition) is 1. The van der Waals surface area contributed by atoms with Crippen molar-refractivity contribution in [3.05, 3.63) is 65.2 Å². The predicted molar refractivity (Wildman–Crippen MR) is 80.9 cm³/mol. The van der Waals surface area contributed by atoms with Crippen molar-refractivity contribution >= 4 is 11.6 Å². The molecule has 0 aliphatic carbocycles. The Balaban J connectivity index is 2.14. The van der Waals surface area contributed by atoms with E-state index in [0.29, 0.717) is 12.0 Å². The third-order valence-corrected chi connectivity index (χ3v) is 3.41. The Labute approximate surface area is 128 Å². The van der Waals surface area contributed by atoms with Crippen LogP contribution in [0.2, 0.25) is 0 Å². The average molecular weight is 311 g/mol. The average Bonchev–Trinajstić information content (AvgIpc) is 2.41. The van der Waals surface area contributed by atoms with Gasteiger partial charge in [-0.2, -0.15) is 0 Å². The summed E-state index contributed by atoms with van der Waals surface area (Å²) in [6.45, 7) is 3.89. The highest BCUT2D eigenvalue weighted by atomic mass is 35.5.